The maximum Gasteiger partial charge on any atom is 0.0141 e. The SMILES string of the molecule is CCC12C=CC(C1)c1ccccc12. The fourth-order valence-corrected chi connectivity index (χ4v) is 2.97. The second-order valence-electron chi connectivity index (χ2n) is 4.27. The van der Waals surface area contributed by atoms with Crippen molar-refractivity contribution in [1.82, 2.24) is 0 Å². The van der Waals surface area contributed by atoms with Crippen LogP contribution in [-0.2, 0) is 5.41 Å². The van der Waals surface area contributed by atoms with Crippen molar-refractivity contribution in [2.24, 2.45) is 0 Å². The van der Waals surface area contributed by atoms with Gasteiger partial charge in [-0.15, -0.1) is 0 Å². The average Bonchev–Trinajstić information content (AvgIpc) is 2.75. The molecule has 13 heavy (non-hydrogen) atoms. The maximum atomic E-state index is 2.43. The highest BCUT2D eigenvalue weighted by atomic mass is 14.5. The molecule has 0 nitrogen and oxygen atoms in total. The molecule has 2 aliphatic rings. The molecule has 2 aliphatic carbocycles. The van der Waals surface area contributed by atoms with Gasteiger partial charge in [-0.25, -0.2) is 0 Å². The molecule has 1 aromatic carbocycles. The lowest BCUT2D eigenvalue weighted by Gasteiger charge is -2.23. The molecule has 2 unspecified atom stereocenters. The Hall–Kier alpha value is -1.04. The summed E-state index contributed by atoms with van der Waals surface area (Å²) in [6.07, 6.45) is 7.39. The van der Waals surface area contributed by atoms with E-state index in [-0.39, 0.29) is 0 Å². The molecule has 3 rings (SSSR count). The first-order valence-electron chi connectivity index (χ1n) is 5.14. The van der Waals surface area contributed by atoms with Crippen molar-refractivity contribution in [3.63, 3.8) is 0 Å². The molecule has 0 aromatic heterocycles. The highest BCUT2D eigenvalue weighted by Gasteiger charge is 2.43. The number of hydrogen-bond acceptors (Lipinski definition) is 0. The smallest absolute Gasteiger partial charge is 0.0141 e. The van der Waals surface area contributed by atoms with Gasteiger partial charge in [-0.3, -0.25) is 0 Å². The third-order valence-corrected chi connectivity index (χ3v) is 3.76. The van der Waals surface area contributed by atoms with Gasteiger partial charge < -0.3 is 0 Å². The molecule has 0 aliphatic heterocycles. The van der Waals surface area contributed by atoms with E-state index in [4.69, 9.17) is 0 Å². The maximum absolute atomic E-state index is 2.43. The fourth-order valence-electron chi connectivity index (χ4n) is 2.97. The van der Waals surface area contributed by atoms with Gasteiger partial charge >= 0.3 is 0 Å². The zero-order valence-electron chi connectivity index (χ0n) is 7.96. The van der Waals surface area contributed by atoms with Gasteiger partial charge in [0.2, 0.25) is 0 Å². The van der Waals surface area contributed by atoms with Crippen LogP contribution in [0.3, 0.4) is 0 Å². The fraction of sp³-hybridized carbons (Fsp3) is 0.385. The zero-order chi connectivity index (χ0) is 8.89. The van der Waals surface area contributed by atoms with Crippen molar-refractivity contribution in [3.8, 4) is 0 Å². The highest BCUT2D eigenvalue weighted by molar-refractivity contribution is 5.51. The topological polar surface area (TPSA) is 0 Å². The molecule has 0 fully saturated rings. The Balaban J connectivity index is 2.25. The molecule has 0 heteroatoms. The minimum Gasteiger partial charge on any atom is -0.0801 e. The van der Waals surface area contributed by atoms with Gasteiger partial charge in [0.05, 0.1) is 0 Å². The van der Waals surface area contributed by atoms with Crippen LogP contribution in [-0.4, -0.2) is 0 Å². The summed E-state index contributed by atoms with van der Waals surface area (Å²) < 4.78 is 0. The molecule has 0 N–H and O–H groups in total. The van der Waals surface area contributed by atoms with Gasteiger partial charge in [-0.2, -0.15) is 0 Å². The van der Waals surface area contributed by atoms with Gasteiger partial charge in [0.25, 0.3) is 0 Å². The van der Waals surface area contributed by atoms with Crippen molar-refractivity contribution in [2.75, 3.05) is 0 Å². The molecular formula is C13H14. The average molecular weight is 170 g/mol. The van der Waals surface area contributed by atoms with Crippen LogP contribution >= 0.6 is 0 Å². The van der Waals surface area contributed by atoms with E-state index in [1.807, 2.05) is 0 Å². The van der Waals surface area contributed by atoms with E-state index in [0.29, 0.717) is 5.41 Å². The standard InChI is InChI=1S/C13H14/c1-2-13-8-7-10(9-13)11-5-3-4-6-12(11)13/h3-8,10H,2,9H2,1H3. The molecule has 2 atom stereocenters. The third kappa shape index (κ3) is 0.763. The molecule has 66 valence electrons. The Bertz CT molecular complexity index is 375. The minimum absolute atomic E-state index is 0.404. The van der Waals surface area contributed by atoms with Crippen LogP contribution in [0.4, 0.5) is 0 Å². The van der Waals surface area contributed by atoms with Crippen LogP contribution in [0.15, 0.2) is 36.4 Å². The molecular weight excluding hydrogens is 156 g/mol. The summed E-state index contributed by atoms with van der Waals surface area (Å²) >= 11 is 0. The number of allylic oxidation sites excluding steroid dienone is 2. The first kappa shape index (κ1) is 7.37. The zero-order valence-corrected chi connectivity index (χ0v) is 7.96. The molecule has 2 bridgehead atoms. The second kappa shape index (κ2) is 2.25. The Morgan fingerprint density at radius 1 is 1.38 bits per heavy atom. The van der Waals surface area contributed by atoms with Crippen LogP contribution < -0.4 is 0 Å². The quantitative estimate of drug-likeness (QED) is 0.567. The van der Waals surface area contributed by atoms with Crippen LogP contribution in [0.25, 0.3) is 0 Å². The summed E-state index contributed by atoms with van der Waals surface area (Å²) in [6, 6.07) is 8.94. The predicted molar refractivity (Wildman–Crippen MR) is 54.9 cm³/mol. The van der Waals surface area contributed by atoms with Crippen LogP contribution in [0.1, 0.15) is 36.8 Å². The Morgan fingerprint density at radius 3 is 3.08 bits per heavy atom. The van der Waals surface area contributed by atoms with Crippen molar-refractivity contribution in [3.05, 3.63) is 47.5 Å². The summed E-state index contributed by atoms with van der Waals surface area (Å²) in [5.41, 5.74) is 3.57. The van der Waals surface area contributed by atoms with Crippen molar-refractivity contribution < 1.29 is 0 Å². The van der Waals surface area contributed by atoms with E-state index in [1.54, 1.807) is 11.1 Å². The molecule has 1 aromatic rings. The summed E-state index contributed by atoms with van der Waals surface area (Å²) in [4.78, 5) is 0. The molecule has 0 radical (unpaired) electrons. The Kier molecular flexibility index (Phi) is 1.28. The monoisotopic (exact) mass is 170 g/mol. The summed E-state index contributed by atoms with van der Waals surface area (Å²) in [5, 5.41) is 0. The van der Waals surface area contributed by atoms with E-state index in [0.717, 1.165) is 5.92 Å². The summed E-state index contributed by atoms with van der Waals surface area (Å²) in [7, 11) is 0. The minimum atomic E-state index is 0.404. The Labute approximate surface area is 79.3 Å². The number of rotatable bonds is 1. The first-order valence-corrected chi connectivity index (χ1v) is 5.14. The van der Waals surface area contributed by atoms with Crippen LogP contribution in [0.2, 0.25) is 0 Å². The van der Waals surface area contributed by atoms with Crippen molar-refractivity contribution >= 4 is 0 Å². The predicted octanol–water partition coefficient (Wildman–Crippen LogP) is 3.39. The van der Waals surface area contributed by atoms with Gasteiger partial charge in [0.15, 0.2) is 0 Å². The molecule has 0 saturated heterocycles. The highest BCUT2D eigenvalue weighted by Crippen LogP contribution is 2.54. The first-order chi connectivity index (χ1) is 6.36. The Morgan fingerprint density at radius 2 is 2.23 bits per heavy atom. The number of hydrogen-bond donors (Lipinski definition) is 0. The van der Waals surface area contributed by atoms with Gasteiger partial charge in [-0.1, -0.05) is 43.3 Å². The van der Waals surface area contributed by atoms with Crippen molar-refractivity contribution in [2.45, 2.75) is 31.1 Å². The van der Waals surface area contributed by atoms with Gasteiger partial charge in [0, 0.05) is 11.3 Å². The van der Waals surface area contributed by atoms with E-state index in [2.05, 4.69) is 43.3 Å². The largest absolute Gasteiger partial charge is 0.0801 e. The van der Waals surface area contributed by atoms with Crippen molar-refractivity contribution in [1.29, 1.82) is 0 Å². The normalized spacial score (nSPS) is 33.8. The molecule has 0 amide bonds. The lowest BCUT2D eigenvalue weighted by Crippen LogP contribution is -2.16. The molecule has 0 heterocycles. The van der Waals surface area contributed by atoms with Gasteiger partial charge in [0.1, 0.15) is 0 Å². The van der Waals surface area contributed by atoms with Gasteiger partial charge in [-0.05, 0) is 24.0 Å². The molecule has 0 saturated carbocycles. The lowest BCUT2D eigenvalue weighted by atomic mass is 9.80. The second-order valence-corrected chi connectivity index (χ2v) is 4.27. The molecule has 0 spiro atoms. The third-order valence-electron chi connectivity index (χ3n) is 3.76. The van der Waals surface area contributed by atoms with E-state index < -0.39 is 0 Å². The summed E-state index contributed by atoms with van der Waals surface area (Å²) in [5.74, 6) is 0.719. The lowest BCUT2D eigenvalue weighted by molar-refractivity contribution is 0.524. The van der Waals surface area contributed by atoms with E-state index in [1.165, 1.54) is 12.8 Å². The van der Waals surface area contributed by atoms with Crippen LogP contribution in [0, 0.1) is 0 Å². The van der Waals surface area contributed by atoms with E-state index >= 15 is 0 Å². The summed E-state index contributed by atoms with van der Waals surface area (Å²) in [6.45, 7) is 2.30. The van der Waals surface area contributed by atoms with E-state index in [9.17, 15) is 0 Å². The number of benzene rings is 1. The number of fused-ring (bicyclic) bond motifs is 5. The van der Waals surface area contributed by atoms with Crippen LogP contribution in [0.5, 0.6) is 0 Å².